The van der Waals surface area contributed by atoms with Crippen LogP contribution >= 0.6 is 0 Å². The van der Waals surface area contributed by atoms with Crippen molar-refractivity contribution in [2.45, 2.75) is 45.4 Å². The molecule has 2 aromatic rings. The Morgan fingerprint density at radius 2 is 2.32 bits per heavy atom. The van der Waals surface area contributed by atoms with Crippen molar-refractivity contribution >= 4 is 23.0 Å². The van der Waals surface area contributed by atoms with Gasteiger partial charge in [-0.1, -0.05) is 5.21 Å². The number of nitrogens with zero attached hydrogens (tertiary/aromatic N) is 5. The standard InChI is InChI=1S/C13H18N6O3/c1-8(20)22-7-10-15-12(14)11-13(16-10)19(18-17-11)6-9-4-2-3-5-21-9/h9H,2-7H2,1H3,(H2,14,15,16). The molecular weight excluding hydrogens is 288 g/mol. The largest absolute Gasteiger partial charge is 0.458 e. The van der Waals surface area contributed by atoms with E-state index in [-0.39, 0.29) is 18.5 Å². The zero-order chi connectivity index (χ0) is 15.5. The molecule has 3 rings (SSSR count). The van der Waals surface area contributed by atoms with E-state index in [1.54, 1.807) is 4.68 Å². The Labute approximate surface area is 126 Å². The maximum atomic E-state index is 10.9. The summed E-state index contributed by atoms with van der Waals surface area (Å²) in [7, 11) is 0. The van der Waals surface area contributed by atoms with Gasteiger partial charge in [-0.05, 0) is 19.3 Å². The molecule has 0 amide bonds. The molecule has 1 saturated heterocycles. The summed E-state index contributed by atoms with van der Waals surface area (Å²) >= 11 is 0. The normalized spacial score (nSPS) is 18.5. The minimum Gasteiger partial charge on any atom is -0.458 e. The number of anilines is 1. The molecule has 0 spiro atoms. The lowest BCUT2D eigenvalue weighted by molar-refractivity contribution is -0.142. The number of fused-ring (bicyclic) bond motifs is 1. The minimum absolute atomic E-state index is 0.0272. The van der Waals surface area contributed by atoms with Crippen LogP contribution in [0.2, 0.25) is 0 Å². The molecule has 9 nitrogen and oxygen atoms in total. The Morgan fingerprint density at radius 3 is 3.05 bits per heavy atom. The van der Waals surface area contributed by atoms with Crippen molar-refractivity contribution in [1.29, 1.82) is 0 Å². The zero-order valence-electron chi connectivity index (χ0n) is 12.4. The van der Waals surface area contributed by atoms with E-state index in [1.165, 1.54) is 6.92 Å². The van der Waals surface area contributed by atoms with Crippen LogP contribution in [0.15, 0.2) is 0 Å². The second kappa shape index (κ2) is 6.22. The van der Waals surface area contributed by atoms with Gasteiger partial charge in [0, 0.05) is 13.5 Å². The predicted molar refractivity (Wildman–Crippen MR) is 76.6 cm³/mol. The average molecular weight is 306 g/mol. The number of hydrogen-bond acceptors (Lipinski definition) is 8. The van der Waals surface area contributed by atoms with E-state index in [0.29, 0.717) is 23.5 Å². The first-order chi connectivity index (χ1) is 10.6. The molecule has 1 unspecified atom stereocenters. The van der Waals surface area contributed by atoms with Gasteiger partial charge in [-0.25, -0.2) is 14.6 Å². The monoisotopic (exact) mass is 306 g/mol. The van der Waals surface area contributed by atoms with Crippen molar-refractivity contribution in [2.75, 3.05) is 12.3 Å². The van der Waals surface area contributed by atoms with Crippen molar-refractivity contribution < 1.29 is 14.3 Å². The van der Waals surface area contributed by atoms with Crippen molar-refractivity contribution in [3.8, 4) is 0 Å². The van der Waals surface area contributed by atoms with Gasteiger partial charge in [0.25, 0.3) is 0 Å². The van der Waals surface area contributed by atoms with E-state index in [1.807, 2.05) is 0 Å². The fourth-order valence-corrected chi connectivity index (χ4v) is 2.42. The molecule has 0 saturated carbocycles. The van der Waals surface area contributed by atoms with Crippen molar-refractivity contribution in [3.63, 3.8) is 0 Å². The molecule has 2 aromatic heterocycles. The van der Waals surface area contributed by atoms with Crippen LogP contribution in [-0.2, 0) is 27.4 Å². The summed E-state index contributed by atoms with van der Waals surface area (Å²) in [6.07, 6.45) is 3.33. The number of nitrogens with two attached hydrogens (primary N) is 1. The molecule has 0 bridgehead atoms. The van der Waals surface area contributed by atoms with Crippen molar-refractivity contribution in [3.05, 3.63) is 5.82 Å². The van der Waals surface area contributed by atoms with Crippen LogP contribution in [0.4, 0.5) is 5.82 Å². The molecule has 1 aliphatic heterocycles. The van der Waals surface area contributed by atoms with Gasteiger partial charge in [-0.3, -0.25) is 4.79 Å². The molecule has 0 aromatic carbocycles. The zero-order valence-corrected chi connectivity index (χ0v) is 12.4. The Bertz CT molecular complexity index is 680. The Balaban J connectivity index is 1.85. The summed E-state index contributed by atoms with van der Waals surface area (Å²) in [5.74, 6) is 0.154. The Morgan fingerprint density at radius 1 is 1.45 bits per heavy atom. The minimum atomic E-state index is -0.399. The molecule has 2 N–H and O–H groups in total. The highest BCUT2D eigenvalue weighted by molar-refractivity contribution is 5.80. The highest BCUT2D eigenvalue weighted by Gasteiger charge is 2.19. The fourth-order valence-electron chi connectivity index (χ4n) is 2.42. The van der Waals surface area contributed by atoms with Gasteiger partial charge in [-0.2, -0.15) is 0 Å². The van der Waals surface area contributed by atoms with Crippen LogP contribution in [-0.4, -0.2) is 43.6 Å². The summed E-state index contributed by atoms with van der Waals surface area (Å²) in [6, 6.07) is 0. The van der Waals surface area contributed by atoms with E-state index >= 15 is 0 Å². The van der Waals surface area contributed by atoms with Crippen LogP contribution < -0.4 is 5.73 Å². The molecule has 3 heterocycles. The second-order valence-corrected chi connectivity index (χ2v) is 5.24. The maximum absolute atomic E-state index is 10.9. The molecular formula is C13H18N6O3. The molecule has 9 heteroatoms. The van der Waals surface area contributed by atoms with Crippen LogP contribution in [0.3, 0.4) is 0 Å². The molecule has 1 fully saturated rings. The highest BCUT2D eigenvalue weighted by Crippen LogP contribution is 2.18. The number of esters is 1. The van der Waals surface area contributed by atoms with Crippen LogP contribution in [0.25, 0.3) is 11.2 Å². The number of nitrogen functional groups attached to an aromatic ring is 1. The number of aromatic nitrogens is 5. The molecule has 118 valence electrons. The van der Waals surface area contributed by atoms with Gasteiger partial charge in [-0.15, -0.1) is 5.10 Å². The number of rotatable bonds is 4. The number of carbonyl (C=O) groups is 1. The Hall–Kier alpha value is -2.29. The summed E-state index contributed by atoms with van der Waals surface area (Å²) in [6.45, 7) is 2.64. The molecule has 1 atom stereocenters. The predicted octanol–water partition coefficient (Wildman–Crippen LogP) is 0.436. The summed E-state index contributed by atoms with van der Waals surface area (Å²) < 4.78 is 12.3. The lowest BCUT2D eigenvalue weighted by Crippen LogP contribution is -2.25. The fraction of sp³-hybridized carbons (Fsp3) is 0.615. The first-order valence-electron chi connectivity index (χ1n) is 7.24. The van der Waals surface area contributed by atoms with Crippen LogP contribution in [0, 0.1) is 0 Å². The molecule has 1 aliphatic rings. The second-order valence-electron chi connectivity index (χ2n) is 5.24. The van der Waals surface area contributed by atoms with Crippen LogP contribution in [0.1, 0.15) is 32.0 Å². The first kappa shape index (κ1) is 14.6. The third kappa shape index (κ3) is 3.14. The third-order valence-corrected chi connectivity index (χ3v) is 3.49. The third-order valence-electron chi connectivity index (χ3n) is 3.49. The van der Waals surface area contributed by atoms with E-state index in [4.69, 9.17) is 15.2 Å². The van der Waals surface area contributed by atoms with E-state index < -0.39 is 5.97 Å². The topological polar surface area (TPSA) is 118 Å². The lowest BCUT2D eigenvalue weighted by Gasteiger charge is -2.22. The van der Waals surface area contributed by atoms with E-state index in [0.717, 1.165) is 25.9 Å². The molecule has 0 aliphatic carbocycles. The lowest BCUT2D eigenvalue weighted by atomic mass is 10.1. The number of ether oxygens (including phenoxy) is 2. The highest BCUT2D eigenvalue weighted by atomic mass is 16.5. The smallest absolute Gasteiger partial charge is 0.303 e. The van der Waals surface area contributed by atoms with Crippen molar-refractivity contribution in [2.24, 2.45) is 0 Å². The Kier molecular flexibility index (Phi) is 4.14. The van der Waals surface area contributed by atoms with Crippen LogP contribution in [0.5, 0.6) is 0 Å². The molecule has 22 heavy (non-hydrogen) atoms. The summed E-state index contributed by atoms with van der Waals surface area (Å²) in [4.78, 5) is 19.3. The van der Waals surface area contributed by atoms with E-state index in [2.05, 4.69) is 20.3 Å². The maximum Gasteiger partial charge on any atom is 0.303 e. The number of carbonyl (C=O) groups excluding carboxylic acids is 1. The van der Waals surface area contributed by atoms with Gasteiger partial charge in [0.2, 0.25) is 0 Å². The van der Waals surface area contributed by atoms with Gasteiger partial charge in [0.05, 0.1) is 12.6 Å². The average Bonchev–Trinajstić information content (AvgIpc) is 2.90. The summed E-state index contributed by atoms with van der Waals surface area (Å²) in [5, 5.41) is 8.10. The number of hydrogen-bond donors (Lipinski definition) is 1. The molecule has 0 radical (unpaired) electrons. The summed E-state index contributed by atoms with van der Waals surface area (Å²) in [5.41, 5.74) is 6.85. The van der Waals surface area contributed by atoms with Gasteiger partial charge >= 0.3 is 5.97 Å². The van der Waals surface area contributed by atoms with Gasteiger partial charge in [0.15, 0.2) is 29.4 Å². The van der Waals surface area contributed by atoms with Crippen molar-refractivity contribution in [1.82, 2.24) is 25.0 Å². The van der Waals surface area contributed by atoms with E-state index in [9.17, 15) is 4.79 Å². The SMILES string of the molecule is CC(=O)OCc1nc(N)c2nnn(CC3CCCCO3)c2n1. The first-order valence-corrected chi connectivity index (χ1v) is 7.24. The quantitative estimate of drug-likeness (QED) is 0.808. The van der Waals surface area contributed by atoms with Gasteiger partial charge < -0.3 is 15.2 Å². The van der Waals surface area contributed by atoms with Gasteiger partial charge in [0.1, 0.15) is 0 Å².